The van der Waals surface area contributed by atoms with Gasteiger partial charge in [0.15, 0.2) is 0 Å². The fourth-order valence-corrected chi connectivity index (χ4v) is 2.28. The summed E-state index contributed by atoms with van der Waals surface area (Å²) in [5.41, 5.74) is 2.01. The molecule has 2 rings (SSSR count). The minimum atomic E-state index is -0.209. The van der Waals surface area contributed by atoms with E-state index in [4.69, 9.17) is 16.3 Å². The minimum Gasteiger partial charge on any atom is -0.497 e. The first-order valence-corrected chi connectivity index (χ1v) is 7.09. The number of hydrogen-bond donors (Lipinski definition) is 1. The van der Waals surface area contributed by atoms with E-state index in [0.29, 0.717) is 22.0 Å². The largest absolute Gasteiger partial charge is 0.497 e. The molecule has 0 bridgehead atoms. The minimum absolute atomic E-state index is 0.209. The van der Waals surface area contributed by atoms with E-state index < -0.39 is 0 Å². The number of rotatable bonds is 3. The molecule has 0 spiro atoms. The van der Waals surface area contributed by atoms with Crippen molar-refractivity contribution in [2.75, 3.05) is 12.4 Å². The van der Waals surface area contributed by atoms with Gasteiger partial charge in [0.05, 0.1) is 17.8 Å². The van der Waals surface area contributed by atoms with Crippen molar-refractivity contribution in [3.05, 3.63) is 57.0 Å². The van der Waals surface area contributed by atoms with E-state index in [1.54, 1.807) is 31.4 Å². The van der Waals surface area contributed by atoms with E-state index in [2.05, 4.69) is 21.2 Å². The van der Waals surface area contributed by atoms with Crippen LogP contribution in [0.3, 0.4) is 0 Å². The number of aryl methyl sites for hydroxylation is 1. The van der Waals surface area contributed by atoms with Gasteiger partial charge in [0, 0.05) is 16.1 Å². The zero-order chi connectivity index (χ0) is 14.7. The summed E-state index contributed by atoms with van der Waals surface area (Å²) in [7, 11) is 1.56. The number of amides is 1. The van der Waals surface area contributed by atoms with Crippen LogP contribution in [-0.4, -0.2) is 13.0 Å². The van der Waals surface area contributed by atoms with E-state index in [1.807, 2.05) is 19.1 Å². The first kappa shape index (κ1) is 14.9. The van der Waals surface area contributed by atoms with E-state index in [-0.39, 0.29) is 5.91 Å². The highest BCUT2D eigenvalue weighted by Crippen LogP contribution is 2.27. The Balaban J connectivity index is 2.30. The lowest BCUT2D eigenvalue weighted by molar-refractivity contribution is 0.102. The van der Waals surface area contributed by atoms with Gasteiger partial charge >= 0.3 is 0 Å². The second kappa shape index (κ2) is 6.29. The van der Waals surface area contributed by atoms with Gasteiger partial charge in [-0.2, -0.15) is 0 Å². The lowest BCUT2D eigenvalue weighted by atomic mass is 10.1. The molecule has 2 aromatic rings. The maximum atomic E-state index is 12.3. The van der Waals surface area contributed by atoms with Gasteiger partial charge in [-0.3, -0.25) is 4.79 Å². The third kappa shape index (κ3) is 3.32. The van der Waals surface area contributed by atoms with E-state index in [1.165, 1.54) is 0 Å². The van der Waals surface area contributed by atoms with Gasteiger partial charge in [0.1, 0.15) is 5.75 Å². The fourth-order valence-electron chi connectivity index (χ4n) is 1.76. The zero-order valence-corrected chi connectivity index (χ0v) is 13.4. The summed E-state index contributed by atoms with van der Waals surface area (Å²) < 4.78 is 5.97. The number of anilines is 1. The molecular formula is C15H13BrClNO2. The van der Waals surface area contributed by atoms with Crippen LogP contribution >= 0.6 is 27.5 Å². The van der Waals surface area contributed by atoms with Crippen molar-refractivity contribution in [1.29, 1.82) is 0 Å². The summed E-state index contributed by atoms with van der Waals surface area (Å²) in [4.78, 5) is 12.3. The van der Waals surface area contributed by atoms with E-state index >= 15 is 0 Å². The summed E-state index contributed by atoms with van der Waals surface area (Å²) in [6, 6.07) is 10.7. The quantitative estimate of drug-likeness (QED) is 0.869. The second-order valence-electron chi connectivity index (χ2n) is 4.26. The average molecular weight is 355 g/mol. The van der Waals surface area contributed by atoms with Crippen molar-refractivity contribution in [2.24, 2.45) is 0 Å². The second-order valence-corrected chi connectivity index (χ2v) is 5.58. The number of ether oxygens (including phenoxy) is 1. The molecule has 0 saturated heterocycles. The molecule has 2 aromatic carbocycles. The van der Waals surface area contributed by atoms with Crippen LogP contribution in [0.15, 0.2) is 40.9 Å². The van der Waals surface area contributed by atoms with Gasteiger partial charge in [-0.25, -0.2) is 0 Å². The highest BCUT2D eigenvalue weighted by molar-refractivity contribution is 9.10. The van der Waals surface area contributed by atoms with Crippen molar-refractivity contribution in [3.8, 4) is 5.75 Å². The van der Waals surface area contributed by atoms with E-state index in [0.717, 1.165) is 10.0 Å². The van der Waals surface area contributed by atoms with Gasteiger partial charge in [-0.1, -0.05) is 33.6 Å². The number of methoxy groups -OCH3 is 1. The molecule has 0 saturated carbocycles. The Bertz CT molecular complexity index is 658. The van der Waals surface area contributed by atoms with Crippen molar-refractivity contribution in [3.63, 3.8) is 0 Å². The summed E-state index contributed by atoms with van der Waals surface area (Å²) in [5.74, 6) is 0.426. The Morgan fingerprint density at radius 3 is 2.70 bits per heavy atom. The first-order chi connectivity index (χ1) is 9.51. The SMILES string of the molecule is COc1ccc(Cl)c(NC(=O)c2cc(Br)ccc2C)c1. The Kier molecular flexibility index (Phi) is 4.68. The molecule has 0 heterocycles. The van der Waals surface area contributed by atoms with Gasteiger partial charge in [-0.15, -0.1) is 0 Å². The van der Waals surface area contributed by atoms with Crippen LogP contribution in [-0.2, 0) is 0 Å². The molecule has 3 nitrogen and oxygen atoms in total. The topological polar surface area (TPSA) is 38.3 Å². The molecule has 20 heavy (non-hydrogen) atoms. The summed E-state index contributed by atoms with van der Waals surface area (Å²) >= 11 is 9.44. The maximum absolute atomic E-state index is 12.3. The molecule has 5 heteroatoms. The molecule has 104 valence electrons. The normalized spacial score (nSPS) is 10.2. The highest BCUT2D eigenvalue weighted by Gasteiger charge is 2.12. The van der Waals surface area contributed by atoms with Crippen LogP contribution in [0.4, 0.5) is 5.69 Å². The third-order valence-electron chi connectivity index (χ3n) is 2.87. The standard InChI is InChI=1S/C15H13BrClNO2/c1-9-3-4-10(16)7-12(9)15(19)18-14-8-11(20-2)5-6-13(14)17/h3-8H,1-2H3,(H,18,19). The average Bonchev–Trinajstić information content (AvgIpc) is 2.43. The molecule has 0 radical (unpaired) electrons. The number of carbonyl (C=O) groups is 1. The molecule has 0 aliphatic rings. The van der Waals surface area contributed by atoms with E-state index in [9.17, 15) is 4.79 Å². The molecule has 1 amide bonds. The smallest absolute Gasteiger partial charge is 0.256 e. The Labute approximate surface area is 131 Å². The summed E-state index contributed by atoms with van der Waals surface area (Å²) in [6.45, 7) is 1.88. The monoisotopic (exact) mass is 353 g/mol. The molecule has 0 aliphatic heterocycles. The fraction of sp³-hybridized carbons (Fsp3) is 0.133. The van der Waals surface area contributed by atoms with Crippen LogP contribution in [0.2, 0.25) is 5.02 Å². The maximum Gasteiger partial charge on any atom is 0.256 e. The van der Waals surface area contributed by atoms with Crippen molar-refractivity contribution in [2.45, 2.75) is 6.92 Å². The molecule has 0 aromatic heterocycles. The molecule has 0 unspecified atom stereocenters. The van der Waals surface area contributed by atoms with Crippen molar-refractivity contribution < 1.29 is 9.53 Å². The predicted octanol–water partition coefficient (Wildman–Crippen LogP) is 4.67. The molecule has 0 aliphatic carbocycles. The number of benzene rings is 2. The number of carbonyl (C=O) groups excluding carboxylic acids is 1. The lowest BCUT2D eigenvalue weighted by Crippen LogP contribution is -2.13. The molecular weight excluding hydrogens is 342 g/mol. The lowest BCUT2D eigenvalue weighted by Gasteiger charge is -2.11. The molecule has 1 N–H and O–H groups in total. The van der Waals surface area contributed by atoms with Crippen LogP contribution in [0.5, 0.6) is 5.75 Å². The Morgan fingerprint density at radius 1 is 1.25 bits per heavy atom. The number of nitrogens with one attached hydrogen (secondary N) is 1. The Hall–Kier alpha value is -1.52. The van der Waals surface area contributed by atoms with Crippen LogP contribution in [0.1, 0.15) is 15.9 Å². The van der Waals surface area contributed by atoms with Crippen LogP contribution in [0, 0.1) is 6.92 Å². The van der Waals surface area contributed by atoms with Crippen molar-refractivity contribution >= 4 is 39.1 Å². The number of hydrogen-bond acceptors (Lipinski definition) is 2. The summed E-state index contributed by atoms with van der Waals surface area (Å²) in [5, 5.41) is 3.26. The molecule has 0 atom stereocenters. The Morgan fingerprint density at radius 2 is 2.00 bits per heavy atom. The van der Waals surface area contributed by atoms with Gasteiger partial charge in [0.2, 0.25) is 0 Å². The van der Waals surface area contributed by atoms with Crippen LogP contribution in [0.25, 0.3) is 0 Å². The predicted molar refractivity (Wildman–Crippen MR) is 84.8 cm³/mol. The van der Waals surface area contributed by atoms with Gasteiger partial charge in [0.25, 0.3) is 5.91 Å². The first-order valence-electron chi connectivity index (χ1n) is 5.92. The molecule has 0 fully saturated rings. The van der Waals surface area contributed by atoms with Gasteiger partial charge in [-0.05, 0) is 36.8 Å². The zero-order valence-electron chi connectivity index (χ0n) is 11.0. The van der Waals surface area contributed by atoms with Crippen LogP contribution < -0.4 is 10.1 Å². The summed E-state index contributed by atoms with van der Waals surface area (Å²) in [6.07, 6.45) is 0. The third-order valence-corrected chi connectivity index (χ3v) is 3.69. The highest BCUT2D eigenvalue weighted by atomic mass is 79.9. The van der Waals surface area contributed by atoms with Gasteiger partial charge < -0.3 is 10.1 Å². The number of halogens is 2. The van der Waals surface area contributed by atoms with Crippen molar-refractivity contribution in [1.82, 2.24) is 0 Å².